The smallest absolute Gasteiger partial charge is 0.410 e. The maximum absolute atomic E-state index is 12.0. The highest BCUT2D eigenvalue weighted by atomic mass is 16.5. The molecule has 1 rings (SSSR count). The van der Waals surface area contributed by atoms with Crippen molar-refractivity contribution in [1.29, 1.82) is 0 Å². The Kier molecular flexibility index (Phi) is 7.54. The van der Waals surface area contributed by atoms with Crippen LogP contribution in [-0.2, 0) is 9.53 Å². The van der Waals surface area contributed by atoms with Crippen molar-refractivity contribution in [3.05, 3.63) is 0 Å². The number of methoxy groups -OCH3 is 1. The van der Waals surface area contributed by atoms with Crippen LogP contribution in [0.15, 0.2) is 0 Å². The largest absolute Gasteiger partial charge is 0.480 e. The number of hydrogen-bond donors (Lipinski definition) is 1. The zero-order chi connectivity index (χ0) is 15.8. The minimum atomic E-state index is -0.933. The number of hydrogen-bond acceptors (Lipinski definition) is 3. The molecule has 1 saturated carbocycles. The molecule has 1 unspecified atom stereocenters. The summed E-state index contributed by atoms with van der Waals surface area (Å²) in [6.07, 6.45) is 6.48. The molecule has 122 valence electrons. The fourth-order valence-corrected chi connectivity index (χ4v) is 3.00. The lowest BCUT2D eigenvalue weighted by atomic mass is 9.88. The molecule has 0 aromatic carbocycles. The Hall–Kier alpha value is -1.26. The zero-order valence-corrected chi connectivity index (χ0v) is 13.5. The van der Waals surface area contributed by atoms with E-state index in [1.54, 1.807) is 0 Å². The molecule has 0 aromatic rings. The monoisotopic (exact) mass is 299 g/mol. The van der Waals surface area contributed by atoms with Gasteiger partial charge >= 0.3 is 12.1 Å². The summed E-state index contributed by atoms with van der Waals surface area (Å²) in [6, 6.07) is -0.776. The van der Waals surface area contributed by atoms with Gasteiger partial charge in [-0.2, -0.15) is 0 Å². The molecule has 5 nitrogen and oxygen atoms in total. The van der Waals surface area contributed by atoms with Gasteiger partial charge < -0.3 is 9.84 Å². The van der Waals surface area contributed by atoms with Crippen LogP contribution in [-0.4, -0.2) is 41.8 Å². The average molecular weight is 299 g/mol. The van der Waals surface area contributed by atoms with E-state index in [9.17, 15) is 14.7 Å². The fraction of sp³-hybridized carbons (Fsp3) is 0.875. The van der Waals surface area contributed by atoms with Gasteiger partial charge in [-0.1, -0.05) is 33.1 Å². The van der Waals surface area contributed by atoms with Gasteiger partial charge in [0.05, 0.1) is 7.11 Å². The van der Waals surface area contributed by atoms with Gasteiger partial charge in [0.1, 0.15) is 6.04 Å². The number of carboxylic acid groups (broad SMARTS) is 1. The summed E-state index contributed by atoms with van der Waals surface area (Å²) in [5.74, 6) is -0.114. The van der Waals surface area contributed by atoms with Gasteiger partial charge in [-0.15, -0.1) is 0 Å². The third-order valence-corrected chi connectivity index (χ3v) is 4.27. The molecule has 5 heteroatoms. The first-order chi connectivity index (χ1) is 9.95. The quantitative estimate of drug-likeness (QED) is 0.781. The molecule has 0 aliphatic heterocycles. The van der Waals surface area contributed by atoms with E-state index in [-0.39, 0.29) is 0 Å². The van der Waals surface area contributed by atoms with Crippen LogP contribution < -0.4 is 0 Å². The van der Waals surface area contributed by atoms with E-state index in [1.807, 2.05) is 0 Å². The van der Waals surface area contributed by atoms with Crippen molar-refractivity contribution in [3.63, 3.8) is 0 Å². The van der Waals surface area contributed by atoms with E-state index in [4.69, 9.17) is 4.74 Å². The van der Waals surface area contributed by atoms with E-state index in [0.717, 1.165) is 19.3 Å². The van der Waals surface area contributed by atoms with Crippen molar-refractivity contribution in [2.45, 2.75) is 64.8 Å². The van der Waals surface area contributed by atoms with Crippen LogP contribution in [0.5, 0.6) is 0 Å². The Balaban J connectivity index is 2.75. The summed E-state index contributed by atoms with van der Waals surface area (Å²) in [6.45, 7) is 4.62. The molecular weight excluding hydrogens is 270 g/mol. The van der Waals surface area contributed by atoms with Crippen LogP contribution >= 0.6 is 0 Å². The fourth-order valence-electron chi connectivity index (χ4n) is 3.00. The minimum Gasteiger partial charge on any atom is -0.480 e. The first-order valence-electron chi connectivity index (χ1n) is 8.03. The summed E-state index contributed by atoms with van der Waals surface area (Å²) in [5.41, 5.74) is 0. The number of ether oxygens (including phenoxy) is 1. The molecule has 1 fully saturated rings. The number of carbonyl (C=O) groups is 2. The SMILES string of the molecule is COC(=O)N(CC1CCCCC1)C(CCC(C)C)C(=O)O. The first kappa shape index (κ1) is 17.8. The lowest BCUT2D eigenvalue weighted by molar-refractivity contribution is -0.143. The summed E-state index contributed by atoms with van der Waals surface area (Å²) in [5, 5.41) is 9.48. The van der Waals surface area contributed by atoms with Gasteiger partial charge in [-0.25, -0.2) is 9.59 Å². The predicted molar refractivity (Wildman–Crippen MR) is 81.2 cm³/mol. The van der Waals surface area contributed by atoms with E-state index in [1.165, 1.54) is 31.3 Å². The number of nitrogens with zero attached hydrogens (tertiary/aromatic N) is 1. The Bertz CT molecular complexity index is 337. The number of rotatable bonds is 7. The molecule has 1 atom stereocenters. The van der Waals surface area contributed by atoms with Crippen molar-refractivity contribution in [2.24, 2.45) is 11.8 Å². The van der Waals surface area contributed by atoms with Crippen LogP contribution in [0.1, 0.15) is 58.8 Å². The normalized spacial score (nSPS) is 17.5. The lowest BCUT2D eigenvalue weighted by Crippen LogP contribution is -2.47. The summed E-state index contributed by atoms with van der Waals surface area (Å²) in [4.78, 5) is 25.0. The van der Waals surface area contributed by atoms with Gasteiger partial charge in [0.2, 0.25) is 0 Å². The molecule has 1 aliphatic rings. The predicted octanol–water partition coefficient (Wildman–Crippen LogP) is 3.52. The minimum absolute atomic E-state index is 0.402. The summed E-state index contributed by atoms with van der Waals surface area (Å²) in [7, 11) is 1.32. The van der Waals surface area contributed by atoms with Crippen molar-refractivity contribution < 1.29 is 19.4 Å². The molecule has 21 heavy (non-hydrogen) atoms. The van der Waals surface area contributed by atoms with Gasteiger partial charge in [0.15, 0.2) is 0 Å². The molecule has 0 aromatic heterocycles. The van der Waals surface area contributed by atoms with Gasteiger partial charge in [-0.05, 0) is 37.5 Å². The van der Waals surface area contributed by atoms with Crippen molar-refractivity contribution in [3.8, 4) is 0 Å². The second-order valence-corrected chi connectivity index (χ2v) is 6.45. The van der Waals surface area contributed by atoms with Crippen LogP contribution in [0.25, 0.3) is 0 Å². The summed E-state index contributed by atoms with van der Waals surface area (Å²) >= 11 is 0. The van der Waals surface area contributed by atoms with Gasteiger partial charge in [0.25, 0.3) is 0 Å². The first-order valence-corrected chi connectivity index (χ1v) is 8.03. The van der Waals surface area contributed by atoms with E-state index >= 15 is 0 Å². The second kappa shape index (κ2) is 8.90. The summed E-state index contributed by atoms with van der Waals surface area (Å²) < 4.78 is 4.82. The Morgan fingerprint density at radius 1 is 1.19 bits per heavy atom. The number of carbonyl (C=O) groups excluding carboxylic acids is 1. The number of aliphatic carboxylic acids is 1. The third kappa shape index (κ3) is 5.94. The molecule has 0 bridgehead atoms. The Labute approximate surface area is 127 Å². The third-order valence-electron chi connectivity index (χ3n) is 4.27. The molecular formula is C16H29NO4. The standard InChI is InChI=1S/C16H29NO4/c1-12(2)9-10-14(15(18)19)17(16(20)21-3)11-13-7-5-4-6-8-13/h12-14H,4-11H2,1-3H3,(H,18,19). The molecule has 0 radical (unpaired) electrons. The molecule has 1 N–H and O–H groups in total. The maximum atomic E-state index is 12.0. The van der Waals surface area contributed by atoms with Crippen LogP contribution in [0.4, 0.5) is 4.79 Å². The molecule has 0 spiro atoms. The molecule has 1 aliphatic carbocycles. The van der Waals surface area contributed by atoms with Crippen molar-refractivity contribution in [1.82, 2.24) is 4.90 Å². The van der Waals surface area contributed by atoms with Crippen LogP contribution in [0, 0.1) is 11.8 Å². The van der Waals surface area contributed by atoms with Crippen molar-refractivity contribution >= 4 is 12.1 Å². The molecule has 0 heterocycles. The van der Waals surface area contributed by atoms with E-state index in [2.05, 4.69) is 13.8 Å². The van der Waals surface area contributed by atoms with Crippen molar-refractivity contribution in [2.75, 3.05) is 13.7 Å². The molecule has 0 saturated heterocycles. The Morgan fingerprint density at radius 2 is 1.81 bits per heavy atom. The topological polar surface area (TPSA) is 66.8 Å². The highest BCUT2D eigenvalue weighted by molar-refractivity contribution is 5.80. The average Bonchev–Trinajstić information content (AvgIpc) is 2.46. The van der Waals surface area contributed by atoms with Crippen LogP contribution in [0.2, 0.25) is 0 Å². The van der Waals surface area contributed by atoms with Crippen LogP contribution in [0.3, 0.4) is 0 Å². The zero-order valence-electron chi connectivity index (χ0n) is 13.5. The van der Waals surface area contributed by atoms with Gasteiger partial charge in [-0.3, -0.25) is 4.90 Å². The van der Waals surface area contributed by atoms with Gasteiger partial charge in [0, 0.05) is 6.54 Å². The van der Waals surface area contributed by atoms with E-state index < -0.39 is 18.1 Å². The number of amides is 1. The highest BCUT2D eigenvalue weighted by Crippen LogP contribution is 2.26. The molecule has 1 amide bonds. The highest BCUT2D eigenvalue weighted by Gasteiger charge is 2.32. The van der Waals surface area contributed by atoms with E-state index in [0.29, 0.717) is 24.8 Å². The second-order valence-electron chi connectivity index (χ2n) is 6.45. The number of carboxylic acids is 1. The maximum Gasteiger partial charge on any atom is 0.410 e. The lowest BCUT2D eigenvalue weighted by Gasteiger charge is -2.33. The Morgan fingerprint density at radius 3 is 2.29 bits per heavy atom.